The van der Waals surface area contributed by atoms with Gasteiger partial charge in [-0.05, 0) is 41.5 Å². The largest absolute Gasteiger partial charge is 0.384 e. The summed E-state index contributed by atoms with van der Waals surface area (Å²) in [5.74, 6) is -0.255. The van der Waals surface area contributed by atoms with Gasteiger partial charge in [-0.25, -0.2) is 12.8 Å². The highest BCUT2D eigenvalue weighted by atomic mass is 32.2. The van der Waals surface area contributed by atoms with Gasteiger partial charge in [-0.15, -0.1) is 0 Å². The van der Waals surface area contributed by atoms with E-state index in [1.54, 1.807) is 36.5 Å². The van der Waals surface area contributed by atoms with Gasteiger partial charge in [-0.1, -0.05) is 36.9 Å². The molecule has 1 aromatic heterocycles. The predicted octanol–water partition coefficient (Wildman–Crippen LogP) is 4.14. The van der Waals surface area contributed by atoms with Crippen LogP contribution in [0.1, 0.15) is 11.1 Å². The highest BCUT2D eigenvalue weighted by molar-refractivity contribution is 7.90. The lowest BCUT2D eigenvalue weighted by atomic mass is 10.1. The third kappa shape index (κ3) is 5.27. The fourth-order valence-corrected chi connectivity index (χ4v) is 3.39. The summed E-state index contributed by atoms with van der Waals surface area (Å²) in [7, 11) is -3.21. The summed E-state index contributed by atoms with van der Waals surface area (Å²) < 4.78 is 36.3. The molecule has 0 aliphatic carbocycles. The molecule has 0 saturated heterocycles. The quantitative estimate of drug-likeness (QED) is 0.652. The summed E-state index contributed by atoms with van der Waals surface area (Å²) in [5, 5.41) is 3.20. The number of nitrogens with one attached hydrogen (secondary N) is 1. The molecule has 0 aliphatic heterocycles. The van der Waals surface area contributed by atoms with E-state index >= 15 is 0 Å². The number of hydrogen-bond donors (Lipinski definition) is 1. The molecule has 6 heteroatoms. The third-order valence-electron chi connectivity index (χ3n) is 4.25. The number of sulfone groups is 1. The number of halogens is 1. The Bertz CT molecular complexity index is 1080. The molecule has 0 saturated carbocycles. The fourth-order valence-electron chi connectivity index (χ4n) is 2.76. The van der Waals surface area contributed by atoms with Crippen LogP contribution in [0.5, 0.6) is 0 Å². The lowest BCUT2D eigenvalue weighted by Crippen LogP contribution is -2.13. The molecular formula is C22H21FN2O2S. The highest BCUT2D eigenvalue weighted by Crippen LogP contribution is 2.20. The van der Waals surface area contributed by atoms with Crippen molar-refractivity contribution < 1.29 is 12.8 Å². The Morgan fingerprint density at radius 3 is 2.43 bits per heavy atom. The highest BCUT2D eigenvalue weighted by Gasteiger charge is 2.07. The molecule has 0 bridgehead atoms. The Morgan fingerprint density at radius 2 is 1.82 bits per heavy atom. The third-order valence-corrected chi connectivity index (χ3v) is 5.38. The van der Waals surface area contributed by atoms with Crippen molar-refractivity contribution in [2.45, 2.75) is 17.9 Å². The van der Waals surface area contributed by atoms with Crippen LogP contribution >= 0.6 is 0 Å². The summed E-state index contributed by atoms with van der Waals surface area (Å²) in [5.41, 5.74) is 4.28. The number of pyridine rings is 1. The van der Waals surface area contributed by atoms with E-state index in [0.29, 0.717) is 13.0 Å². The van der Waals surface area contributed by atoms with E-state index in [-0.39, 0.29) is 10.7 Å². The van der Waals surface area contributed by atoms with Crippen LogP contribution < -0.4 is 5.32 Å². The van der Waals surface area contributed by atoms with Gasteiger partial charge in [0.2, 0.25) is 0 Å². The zero-order valence-corrected chi connectivity index (χ0v) is 16.3. The van der Waals surface area contributed by atoms with Gasteiger partial charge in [0, 0.05) is 36.7 Å². The van der Waals surface area contributed by atoms with E-state index in [2.05, 4.69) is 16.9 Å². The zero-order chi connectivity index (χ0) is 20.1. The van der Waals surface area contributed by atoms with Crippen molar-refractivity contribution in [3.05, 3.63) is 96.1 Å². The van der Waals surface area contributed by atoms with Crippen molar-refractivity contribution in [1.29, 1.82) is 0 Å². The van der Waals surface area contributed by atoms with Crippen LogP contribution in [0.4, 0.5) is 4.39 Å². The van der Waals surface area contributed by atoms with Crippen molar-refractivity contribution in [3.63, 3.8) is 0 Å². The van der Waals surface area contributed by atoms with Gasteiger partial charge < -0.3 is 5.32 Å². The molecule has 2 aromatic carbocycles. The Hall–Kier alpha value is -2.99. The van der Waals surface area contributed by atoms with E-state index in [1.165, 1.54) is 18.4 Å². The molecule has 0 aliphatic rings. The van der Waals surface area contributed by atoms with Crippen LogP contribution in [-0.2, 0) is 22.8 Å². The minimum Gasteiger partial charge on any atom is -0.384 e. The average Bonchev–Trinajstić information content (AvgIpc) is 2.67. The van der Waals surface area contributed by atoms with Gasteiger partial charge in [0.05, 0.1) is 10.6 Å². The molecule has 0 amide bonds. The summed E-state index contributed by atoms with van der Waals surface area (Å²) in [6.45, 7) is 4.52. The van der Waals surface area contributed by atoms with E-state index < -0.39 is 9.84 Å². The van der Waals surface area contributed by atoms with Crippen LogP contribution in [0.25, 0.3) is 11.3 Å². The molecule has 144 valence electrons. The van der Waals surface area contributed by atoms with Gasteiger partial charge >= 0.3 is 0 Å². The summed E-state index contributed by atoms with van der Waals surface area (Å²) in [4.78, 5) is 4.74. The lowest BCUT2D eigenvalue weighted by molar-refractivity contribution is 0.602. The van der Waals surface area contributed by atoms with Crippen LogP contribution in [0.15, 0.2) is 84.0 Å². The number of nitrogens with zero attached hydrogens (tertiary/aromatic N) is 1. The van der Waals surface area contributed by atoms with Gasteiger partial charge in [-0.2, -0.15) is 0 Å². The Labute approximate surface area is 164 Å². The number of allylic oxidation sites excluding steroid dienone is 1. The number of hydrogen-bond acceptors (Lipinski definition) is 4. The Morgan fingerprint density at radius 1 is 1.07 bits per heavy atom. The maximum Gasteiger partial charge on any atom is 0.175 e. The maximum absolute atomic E-state index is 13.2. The molecule has 0 unspecified atom stereocenters. The molecule has 4 nitrogen and oxygen atoms in total. The Balaban J connectivity index is 1.60. The first kappa shape index (κ1) is 19.8. The Kier molecular flexibility index (Phi) is 5.90. The van der Waals surface area contributed by atoms with E-state index in [9.17, 15) is 12.8 Å². The maximum atomic E-state index is 13.2. The smallest absolute Gasteiger partial charge is 0.175 e. The molecule has 0 atom stereocenters. The van der Waals surface area contributed by atoms with Gasteiger partial charge in [0.1, 0.15) is 5.82 Å². The van der Waals surface area contributed by atoms with Crippen molar-refractivity contribution in [1.82, 2.24) is 10.3 Å². The normalized spacial score (nSPS) is 11.2. The van der Waals surface area contributed by atoms with Crippen LogP contribution in [0.2, 0.25) is 0 Å². The van der Waals surface area contributed by atoms with Crippen LogP contribution in [-0.4, -0.2) is 19.7 Å². The topological polar surface area (TPSA) is 59.1 Å². The predicted molar refractivity (Wildman–Crippen MR) is 109 cm³/mol. The molecule has 1 heterocycles. The minimum atomic E-state index is -3.21. The minimum absolute atomic E-state index is 0.255. The summed E-state index contributed by atoms with van der Waals surface area (Å²) in [6.07, 6.45) is 3.56. The molecule has 1 N–H and O–H groups in total. The molecule has 28 heavy (non-hydrogen) atoms. The molecule has 0 radical (unpaired) electrons. The molecule has 3 rings (SSSR count). The average molecular weight is 396 g/mol. The molecular weight excluding hydrogens is 375 g/mol. The van der Waals surface area contributed by atoms with Gasteiger partial charge in [-0.3, -0.25) is 4.98 Å². The van der Waals surface area contributed by atoms with Crippen molar-refractivity contribution in [2.24, 2.45) is 0 Å². The molecule has 0 fully saturated rings. The second-order valence-electron chi connectivity index (χ2n) is 6.61. The number of aromatic nitrogens is 1. The SMILES string of the molecule is C=C(Cc1ccc(-c2ccc(S(C)(=O)=O)cc2)nc1)NCc1cccc(F)c1. The standard InChI is InChI=1S/C22H21FN2O2S/c1-16(24-14-17-4-3-5-20(23)13-17)12-18-6-11-22(25-15-18)19-7-9-21(10-8-19)28(2,26)27/h3-11,13,15,24H,1,12,14H2,2H3. The lowest BCUT2D eigenvalue weighted by Gasteiger charge is -2.10. The number of rotatable bonds is 7. The first-order chi connectivity index (χ1) is 13.3. The van der Waals surface area contributed by atoms with Crippen molar-refractivity contribution >= 4 is 9.84 Å². The molecule has 0 spiro atoms. The van der Waals surface area contributed by atoms with E-state index in [1.807, 2.05) is 18.2 Å². The second-order valence-corrected chi connectivity index (χ2v) is 8.63. The molecule has 3 aromatic rings. The van der Waals surface area contributed by atoms with Crippen molar-refractivity contribution in [2.75, 3.05) is 6.26 Å². The van der Waals surface area contributed by atoms with Gasteiger partial charge in [0.15, 0.2) is 9.84 Å². The second kappa shape index (κ2) is 8.35. The fraction of sp³-hybridized carbons (Fsp3) is 0.136. The monoisotopic (exact) mass is 396 g/mol. The van der Waals surface area contributed by atoms with E-state index in [0.717, 1.165) is 28.1 Å². The zero-order valence-electron chi connectivity index (χ0n) is 15.5. The van der Waals surface area contributed by atoms with Crippen molar-refractivity contribution in [3.8, 4) is 11.3 Å². The first-order valence-electron chi connectivity index (χ1n) is 8.73. The van der Waals surface area contributed by atoms with Gasteiger partial charge in [0.25, 0.3) is 0 Å². The first-order valence-corrected chi connectivity index (χ1v) is 10.6. The summed E-state index contributed by atoms with van der Waals surface area (Å²) in [6, 6.07) is 17.0. The van der Waals surface area contributed by atoms with Crippen LogP contribution in [0, 0.1) is 5.82 Å². The summed E-state index contributed by atoms with van der Waals surface area (Å²) >= 11 is 0. The van der Waals surface area contributed by atoms with Crippen LogP contribution in [0.3, 0.4) is 0 Å². The van der Waals surface area contributed by atoms with E-state index in [4.69, 9.17) is 0 Å². The number of benzene rings is 2.